The molecule has 0 spiro atoms. The summed E-state index contributed by atoms with van der Waals surface area (Å²) in [5.74, 6) is 0. The molecule has 0 radical (unpaired) electrons. The number of rotatable bonds is 0. The molecule has 0 amide bonds. The van der Waals surface area contributed by atoms with Crippen LogP contribution >= 0.6 is 0 Å². The Morgan fingerprint density at radius 2 is 0.267 bits per heavy atom. The second-order valence-corrected chi connectivity index (χ2v) is 0. The molecule has 0 atom stereocenters. The first-order chi connectivity index (χ1) is 0. The van der Waals surface area contributed by atoms with Gasteiger partial charge in [-0.2, -0.15) is 0 Å². The maximum absolute atomic E-state index is 0. The molecule has 0 heterocycles. The minimum absolute atomic E-state index is 0. The zero-order valence-corrected chi connectivity index (χ0v) is 19.4. The molecule has 0 aromatic rings. The molecule has 0 bridgehead atoms. The molecule has 15 heavy (non-hydrogen) atoms. The van der Waals surface area contributed by atoms with Gasteiger partial charge in [0.15, 0.2) is 0 Å². The Balaban J connectivity index is 0. The molecule has 0 aromatic heterocycles. The molecule has 0 N–H and O–H groups in total. The van der Waals surface area contributed by atoms with Crippen molar-refractivity contribution in [3.63, 3.8) is 0 Å². The van der Waals surface area contributed by atoms with Crippen LogP contribution in [0.1, 0.15) is 0 Å². The monoisotopic (exact) mass is 826 g/mol. The van der Waals surface area contributed by atoms with Crippen molar-refractivity contribution in [2.24, 2.45) is 0 Å². The van der Waals surface area contributed by atoms with Crippen LogP contribution in [0.2, 0.25) is 0 Å². The first-order valence-electron chi connectivity index (χ1n) is 0. The van der Waals surface area contributed by atoms with E-state index in [-0.39, 0.29) is 229 Å². The van der Waals surface area contributed by atoms with Gasteiger partial charge < -0.3 is 49.3 Å². The summed E-state index contributed by atoms with van der Waals surface area (Å²) in [6.45, 7) is 0. The Morgan fingerprint density at radius 3 is 0.267 bits per heavy atom. The van der Waals surface area contributed by atoms with E-state index in [0.29, 0.717) is 0 Å². The van der Waals surface area contributed by atoms with Crippen LogP contribution in [0.15, 0.2) is 0 Å². The normalized spacial score (nSPS) is 0. The summed E-state index contributed by atoms with van der Waals surface area (Å²) in [5.41, 5.74) is 0. The van der Waals surface area contributed by atoms with Crippen LogP contribution in [0.25, 0.3) is 0 Å². The van der Waals surface area contributed by atoms with Gasteiger partial charge in [-0.1, -0.05) is 0 Å². The van der Waals surface area contributed by atoms with Gasteiger partial charge in [0.05, 0.1) is 0 Å². The standard InChI is InChI=1S/2Al.2La.2Lu.9O/q6*+3;9*-2. The summed E-state index contributed by atoms with van der Waals surface area (Å²) in [6.07, 6.45) is 0. The van der Waals surface area contributed by atoms with Crippen LogP contribution in [-0.4, -0.2) is 34.7 Å². The van der Waals surface area contributed by atoms with E-state index in [0.717, 1.165) is 0 Å². The molecule has 0 aliphatic carbocycles. The zero-order chi connectivity index (χ0) is 0. The van der Waals surface area contributed by atoms with E-state index in [4.69, 9.17) is 0 Å². The molecular formula is Al2La2Lu2O9. The van der Waals surface area contributed by atoms with Crippen LogP contribution in [0.3, 0.4) is 0 Å². The van der Waals surface area contributed by atoms with Crippen LogP contribution in [-0.2, 0) is 49.3 Å². The van der Waals surface area contributed by atoms with E-state index in [9.17, 15) is 0 Å². The minimum Gasteiger partial charge on any atom is -2.00 e. The molecule has 96 valence electrons. The van der Waals surface area contributed by atoms with Gasteiger partial charge in [0, 0.05) is 0 Å². The molecule has 0 saturated carbocycles. The minimum atomic E-state index is 0. The van der Waals surface area contributed by atoms with Gasteiger partial charge in [-0.15, -0.1) is 0 Å². The predicted molar refractivity (Wildman–Crippen MR) is 17.7 cm³/mol. The van der Waals surface area contributed by atoms with Gasteiger partial charge in [-0.25, -0.2) is 0 Å². The molecule has 9 nitrogen and oxygen atoms in total. The van der Waals surface area contributed by atoms with Crippen molar-refractivity contribution in [1.82, 2.24) is 0 Å². The van der Waals surface area contributed by atoms with E-state index in [2.05, 4.69) is 0 Å². The summed E-state index contributed by atoms with van der Waals surface area (Å²) >= 11 is 0. The molecule has 0 aliphatic heterocycles. The topological polar surface area (TPSA) is 256 Å². The fourth-order valence-electron chi connectivity index (χ4n) is 0. The average Bonchev–Trinajstić information content (AvgIpc) is 0. The summed E-state index contributed by atoms with van der Waals surface area (Å²) in [5, 5.41) is 0. The average molecular weight is 826 g/mol. The Kier molecular flexibility index (Phi) is 3690. The zero-order valence-electron chi connectivity index (χ0n) is 6.50. The molecule has 0 unspecified atom stereocenters. The van der Waals surface area contributed by atoms with Crippen molar-refractivity contribution in [3.8, 4) is 0 Å². The van der Waals surface area contributed by atoms with Gasteiger partial charge in [0.1, 0.15) is 0 Å². The smallest absolute Gasteiger partial charge is 2.00 e. The maximum Gasteiger partial charge on any atom is 3.00 e. The second kappa shape index (κ2) is 218. The van der Waals surface area contributed by atoms with Gasteiger partial charge in [-0.05, 0) is 0 Å². The van der Waals surface area contributed by atoms with Gasteiger partial charge >= 0.3 is 180 Å². The fraction of sp³-hybridized carbons (Fsp3) is 0. The van der Waals surface area contributed by atoms with E-state index >= 15 is 0 Å². The maximum atomic E-state index is 0. The van der Waals surface area contributed by atoms with E-state index in [1.54, 1.807) is 0 Å². The van der Waals surface area contributed by atoms with Crippen molar-refractivity contribution in [3.05, 3.63) is 0 Å². The molecule has 0 fully saturated rings. The third-order valence-corrected chi connectivity index (χ3v) is 0. The van der Waals surface area contributed by atoms with E-state index in [1.807, 2.05) is 0 Å². The summed E-state index contributed by atoms with van der Waals surface area (Å²) in [6, 6.07) is 0. The molecule has 0 aliphatic rings. The van der Waals surface area contributed by atoms with E-state index in [1.165, 1.54) is 0 Å². The van der Waals surface area contributed by atoms with Crippen molar-refractivity contribution in [2.75, 3.05) is 0 Å². The third kappa shape index (κ3) is 195. The van der Waals surface area contributed by atoms with Crippen molar-refractivity contribution >= 4 is 34.7 Å². The fourth-order valence-corrected chi connectivity index (χ4v) is 0. The summed E-state index contributed by atoms with van der Waals surface area (Å²) < 4.78 is 0. The first-order valence-corrected chi connectivity index (χ1v) is 0. The molecule has 0 aromatic carbocycles. The summed E-state index contributed by atoms with van der Waals surface area (Å²) in [4.78, 5) is 0. The van der Waals surface area contributed by atoms with Crippen molar-refractivity contribution in [2.45, 2.75) is 0 Å². The van der Waals surface area contributed by atoms with Crippen molar-refractivity contribution < 1.29 is 194 Å². The van der Waals surface area contributed by atoms with Crippen LogP contribution in [0, 0.1) is 145 Å². The Bertz CT molecular complexity index is 24.1. The van der Waals surface area contributed by atoms with Gasteiger partial charge in [0.2, 0.25) is 0 Å². The molecular weight excluding hydrogens is 826 g/mol. The molecule has 0 saturated heterocycles. The largest absolute Gasteiger partial charge is 3.00 e. The summed E-state index contributed by atoms with van der Waals surface area (Å²) in [7, 11) is 0. The Morgan fingerprint density at radius 1 is 0.267 bits per heavy atom. The van der Waals surface area contributed by atoms with Gasteiger partial charge in [-0.3, -0.25) is 0 Å². The van der Waals surface area contributed by atoms with Crippen LogP contribution < -0.4 is 0 Å². The number of hydrogen-bond acceptors (Lipinski definition) is 0. The Labute approximate surface area is 223 Å². The second-order valence-electron chi connectivity index (χ2n) is 0. The molecule has 15 heteroatoms. The quantitative estimate of drug-likeness (QED) is 0.245. The van der Waals surface area contributed by atoms with Crippen molar-refractivity contribution in [1.29, 1.82) is 0 Å². The van der Waals surface area contributed by atoms with E-state index < -0.39 is 0 Å². The predicted octanol–water partition coefficient (Wildman–Crippen LogP) is -1.83. The SMILES string of the molecule is [Al+3].[Al+3].[La+3].[La+3].[Lu+3].[Lu+3].[O-2].[O-2].[O-2].[O-2].[O-2].[O-2].[O-2].[O-2].[O-2]. The van der Waals surface area contributed by atoms with Crippen LogP contribution in [0.5, 0.6) is 0 Å². The van der Waals surface area contributed by atoms with Crippen LogP contribution in [0.4, 0.5) is 0 Å². The molecule has 0 rings (SSSR count). The first kappa shape index (κ1) is 254. The van der Waals surface area contributed by atoms with Gasteiger partial charge in [0.25, 0.3) is 0 Å². The Hall–Kier alpha value is 5.56. The number of hydrogen-bond donors (Lipinski definition) is 0. The third-order valence-electron chi connectivity index (χ3n) is 0.